The highest BCUT2D eigenvalue weighted by Crippen LogP contribution is 2.26. The summed E-state index contributed by atoms with van der Waals surface area (Å²) in [5, 5.41) is 0. The molecule has 1 aromatic heterocycles. The van der Waals surface area contributed by atoms with Gasteiger partial charge in [-0.05, 0) is 39.2 Å². The Morgan fingerprint density at radius 1 is 1.16 bits per heavy atom. The first kappa shape index (κ1) is 16.5. The summed E-state index contributed by atoms with van der Waals surface area (Å²) < 4.78 is 6.40. The van der Waals surface area contributed by atoms with Crippen LogP contribution in [0.2, 0.25) is 0 Å². The van der Waals surface area contributed by atoms with Crippen LogP contribution in [0, 0.1) is 0 Å². The summed E-state index contributed by atoms with van der Waals surface area (Å²) >= 11 is 3.37. The summed E-state index contributed by atoms with van der Waals surface area (Å²) in [7, 11) is 0. The normalized spacial score (nSPS) is 17.2. The van der Waals surface area contributed by atoms with Crippen molar-refractivity contribution in [1.29, 1.82) is 0 Å². The highest BCUT2D eigenvalue weighted by atomic mass is 79.9. The molecule has 2 aliphatic rings. The molecule has 5 nitrogen and oxygen atoms in total. The minimum atomic E-state index is 0.0585. The number of carbonyl (C=O) groups excluding carboxylic acids is 1. The Hall–Kier alpha value is -1.92. The summed E-state index contributed by atoms with van der Waals surface area (Å²) in [6, 6.07) is 8.31. The lowest BCUT2D eigenvalue weighted by molar-refractivity contribution is 0.0628. The maximum Gasteiger partial charge on any atom is 0.255 e. The molecule has 6 heteroatoms. The number of carbonyl (C=O) groups is 1. The van der Waals surface area contributed by atoms with Gasteiger partial charge in [0.1, 0.15) is 5.75 Å². The van der Waals surface area contributed by atoms with Gasteiger partial charge in [-0.25, -0.2) is 0 Å². The van der Waals surface area contributed by atoms with Crippen molar-refractivity contribution in [1.82, 2.24) is 14.8 Å². The Balaban J connectivity index is 1.34. The fourth-order valence-corrected chi connectivity index (χ4v) is 3.78. The minimum Gasteiger partial charge on any atom is -0.493 e. The van der Waals surface area contributed by atoms with Gasteiger partial charge in [-0.2, -0.15) is 0 Å². The van der Waals surface area contributed by atoms with Crippen LogP contribution in [0.5, 0.6) is 5.75 Å². The predicted molar refractivity (Wildman–Crippen MR) is 98.8 cm³/mol. The van der Waals surface area contributed by atoms with E-state index in [1.165, 1.54) is 11.1 Å². The van der Waals surface area contributed by atoms with Crippen molar-refractivity contribution in [3.63, 3.8) is 0 Å². The third-order valence-corrected chi connectivity index (χ3v) is 5.21. The van der Waals surface area contributed by atoms with E-state index >= 15 is 0 Å². The van der Waals surface area contributed by atoms with Gasteiger partial charge in [-0.15, -0.1) is 0 Å². The first-order chi connectivity index (χ1) is 12.2. The van der Waals surface area contributed by atoms with Crippen molar-refractivity contribution in [3.05, 3.63) is 57.8 Å². The van der Waals surface area contributed by atoms with Crippen molar-refractivity contribution >= 4 is 21.8 Å². The van der Waals surface area contributed by atoms with E-state index in [0.717, 1.165) is 56.0 Å². The summed E-state index contributed by atoms with van der Waals surface area (Å²) in [6.07, 6.45) is 4.33. The number of hydrogen-bond donors (Lipinski definition) is 0. The lowest BCUT2D eigenvalue weighted by Gasteiger charge is -2.34. The van der Waals surface area contributed by atoms with Crippen molar-refractivity contribution in [3.8, 4) is 5.75 Å². The van der Waals surface area contributed by atoms with Crippen LogP contribution in [-0.4, -0.2) is 53.5 Å². The molecule has 0 unspecified atom stereocenters. The Labute approximate surface area is 155 Å². The molecule has 1 saturated heterocycles. The molecule has 2 aromatic rings. The van der Waals surface area contributed by atoms with E-state index in [4.69, 9.17) is 4.74 Å². The van der Waals surface area contributed by atoms with Gasteiger partial charge in [0.2, 0.25) is 0 Å². The molecule has 4 rings (SSSR count). The van der Waals surface area contributed by atoms with Crippen molar-refractivity contribution in [2.24, 2.45) is 0 Å². The lowest BCUT2D eigenvalue weighted by atomic mass is 10.1. The smallest absolute Gasteiger partial charge is 0.255 e. The fraction of sp³-hybridized carbons (Fsp3) is 0.368. The molecule has 0 bridgehead atoms. The zero-order chi connectivity index (χ0) is 17.2. The lowest BCUT2D eigenvalue weighted by Crippen LogP contribution is -2.48. The molecule has 0 atom stereocenters. The third-order valence-electron chi connectivity index (χ3n) is 4.77. The van der Waals surface area contributed by atoms with Crippen LogP contribution in [0.3, 0.4) is 0 Å². The monoisotopic (exact) mass is 401 g/mol. The summed E-state index contributed by atoms with van der Waals surface area (Å²) in [6.45, 7) is 5.00. The van der Waals surface area contributed by atoms with E-state index in [2.05, 4.69) is 44.0 Å². The number of hydrogen-bond acceptors (Lipinski definition) is 4. The molecule has 0 spiro atoms. The SMILES string of the molecule is O=C(c1cncc(Br)c1)N1CCN(Cc2ccc3c(c2)CCO3)CC1. The number of halogens is 1. The van der Waals surface area contributed by atoms with E-state index in [1.54, 1.807) is 12.4 Å². The highest BCUT2D eigenvalue weighted by Gasteiger charge is 2.23. The van der Waals surface area contributed by atoms with Crippen LogP contribution in [0.1, 0.15) is 21.5 Å². The molecule has 130 valence electrons. The molecular weight excluding hydrogens is 382 g/mol. The standard InChI is InChI=1S/C19H20BrN3O2/c20-17-10-16(11-21-12-17)19(24)23-6-4-22(5-7-23)13-14-1-2-18-15(9-14)3-8-25-18/h1-2,9-12H,3-8,13H2. The van der Waals surface area contributed by atoms with Crippen molar-refractivity contribution < 1.29 is 9.53 Å². The first-order valence-electron chi connectivity index (χ1n) is 8.56. The number of piperazine rings is 1. The van der Waals surface area contributed by atoms with Gasteiger partial charge in [0.25, 0.3) is 5.91 Å². The summed E-state index contributed by atoms with van der Waals surface area (Å²) in [4.78, 5) is 21.0. The topological polar surface area (TPSA) is 45.7 Å². The average Bonchev–Trinajstić information content (AvgIpc) is 3.09. The maximum atomic E-state index is 12.6. The second-order valence-corrected chi connectivity index (χ2v) is 7.42. The van der Waals surface area contributed by atoms with Gasteiger partial charge in [0.05, 0.1) is 12.2 Å². The Morgan fingerprint density at radius 3 is 2.80 bits per heavy atom. The van der Waals surface area contributed by atoms with Crippen LogP contribution < -0.4 is 4.74 Å². The zero-order valence-electron chi connectivity index (χ0n) is 13.9. The third kappa shape index (κ3) is 3.70. The minimum absolute atomic E-state index is 0.0585. The number of amides is 1. The van der Waals surface area contributed by atoms with Crippen molar-refractivity contribution in [2.75, 3.05) is 32.8 Å². The Morgan fingerprint density at radius 2 is 2.00 bits per heavy atom. The molecular formula is C19H20BrN3O2. The van der Waals surface area contributed by atoms with Gasteiger partial charge < -0.3 is 9.64 Å². The number of nitrogens with zero attached hydrogens (tertiary/aromatic N) is 3. The molecule has 0 radical (unpaired) electrons. The largest absolute Gasteiger partial charge is 0.493 e. The van der Waals surface area contributed by atoms with Crippen LogP contribution in [0.25, 0.3) is 0 Å². The molecule has 0 aliphatic carbocycles. The van der Waals surface area contributed by atoms with Crippen LogP contribution >= 0.6 is 15.9 Å². The van der Waals surface area contributed by atoms with Gasteiger partial charge in [-0.1, -0.05) is 12.1 Å². The van der Waals surface area contributed by atoms with E-state index < -0.39 is 0 Å². The zero-order valence-corrected chi connectivity index (χ0v) is 15.5. The molecule has 0 N–H and O–H groups in total. The number of pyridine rings is 1. The van der Waals surface area contributed by atoms with E-state index in [1.807, 2.05) is 11.0 Å². The summed E-state index contributed by atoms with van der Waals surface area (Å²) in [5.74, 6) is 1.09. The Bertz CT molecular complexity index is 788. The number of benzene rings is 1. The number of rotatable bonds is 3. The predicted octanol–water partition coefficient (Wildman–Crippen LogP) is 2.74. The molecule has 1 aromatic carbocycles. The molecule has 3 heterocycles. The quantitative estimate of drug-likeness (QED) is 0.792. The second kappa shape index (κ2) is 7.14. The number of ether oxygens (including phenoxy) is 1. The van der Waals surface area contributed by atoms with E-state index in [-0.39, 0.29) is 5.91 Å². The van der Waals surface area contributed by atoms with E-state index in [0.29, 0.717) is 5.56 Å². The van der Waals surface area contributed by atoms with Crippen molar-refractivity contribution in [2.45, 2.75) is 13.0 Å². The van der Waals surface area contributed by atoms with Gasteiger partial charge in [0.15, 0.2) is 0 Å². The molecule has 1 amide bonds. The van der Waals surface area contributed by atoms with E-state index in [9.17, 15) is 4.79 Å². The first-order valence-corrected chi connectivity index (χ1v) is 9.35. The van der Waals surface area contributed by atoms with Crippen LogP contribution in [-0.2, 0) is 13.0 Å². The fourth-order valence-electron chi connectivity index (χ4n) is 3.42. The average molecular weight is 402 g/mol. The molecule has 1 fully saturated rings. The number of aromatic nitrogens is 1. The van der Waals surface area contributed by atoms with Gasteiger partial charge in [0, 0.05) is 56.0 Å². The summed E-state index contributed by atoms with van der Waals surface area (Å²) in [5.41, 5.74) is 3.27. The Kier molecular flexibility index (Phi) is 4.72. The van der Waals surface area contributed by atoms with Crippen LogP contribution in [0.4, 0.5) is 0 Å². The molecule has 2 aliphatic heterocycles. The molecule has 25 heavy (non-hydrogen) atoms. The van der Waals surface area contributed by atoms with Crippen LogP contribution in [0.15, 0.2) is 41.1 Å². The maximum absolute atomic E-state index is 12.6. The molecule has 0 saturated carbocycles. The number of fused-ring (bicyclic) bond motifs is 1. The van der Waals surface area contributed by atoms with Gasteiger partial charge >= 0.3 is 0 Å². The highest BCUT2D eigenvalue weighted by molar-refractivity contribution is 9.10. The van der Waals surface area contributed by atoms with Gasteiger partial charge in [-0.3, -0.25) is 14.7 Å². The second-order valence-electron chi connectivity index (χ2n) is 6.50.